The van der Waals surface area contributed by atoms with Crippen LogP contribution in [0.15, 0.2) is 70.9 Å². The van der Waals surface area contributed by atoms with E-state index in [1.54, 1.807) is 0 Å². The Morgan fingerprint density at radius 3 is 2.73 bits per heavy atom. The Hall–Kier alpha value is -1.89. The van der Waals surface area contributed by atoms with E-state index in [9.17, 15) is 4.79 Å². The van der Waals surface area contributed by atoms with E-state index in [2.05, 4.69) is 18.2 Å². The van der Waals surface area contributed by atoms with Crippen molar-refractivity contribution in [2.24, 2.45) is 0 Å². The van der Waals surface area contributed by atoms with Crippen LogP contribution in [0.1, 0.15) is 6.42 Å². The third-order valence-electron chi connectivity index (χ3n) is 2.86. The van der Waals surface area contributed by atoms with Gasteiger partial charge in [-0.1, -0.05) is 48.6 Å². The molecule has 0 spiro atoms. The van der Waals surface area contributed by atoms with Crippen LogP contribution < -0.4 is 0 Å². The van der Waals surface area contributed by atoms with Gasteiger partial charge in [-0.3, -0.25) is 4.79 Å². The number of ketones is 1. The summed E-state index contributed by atoms with van der Waals surface area (Å²) in [7, 11) is 0. The fourth-order valence-corrected chi connectivity index (χ4v) is 2.14. The molecule has 0 bridgehead atoms. The number of hydrogen-bond donors (Lipinski definition) is 0. The molecule has 15 heavy (non-hydrogen) atoms. The summed E-state index contributed by atoms with van der Waals surface area (Å²) in [5.74, 6) is 0.218. The lowest BCUT2D eigenvalue weighted by Gasteiger charge is -2.14. The largest absolute Gasteiger partial charge is 0.294 e. The molecule has 0 unspecified atom stereocenters. The van der Waals surface area contributed by atoms with Crippen LogP contribution in [0.3, 0.4) is 0 Å². The molecule has 1 nitrogen and oxygen atoms in total. The van der Waals surface area contributed by atoms with E-state index < -0.39 is 0 Å². The van der Waals surface area contributed by atoms with Crippen LogP contribution in [0.25, 0.3) is 0 Å². The highest BCUT2D eigenvalue weighted by molar-refractivity contribution is 6.04. The van der Waals surface area contributed by atoms with Gasteiger partial charge >= 0.3 is 0 Å². The lowest BCUT2D eigenvalue weighted by molar-refractivity contribution is -0.114. The van der Waals surface area contributed by atoms with Gasteiger partial charge in [0.25, 0.3) is 0 Å². The van der Waals surface area contributed by atoms with Gasteiger partial charge in [-0.2, -0.15) is 0 Å². The molecule has 0 aromatic heterocycles. The molecule has 1 heteroatoms. The lowest BCUT2D eigenvalue weighted by atomic mass is 9.88. The average molecular weight is 194 g/mol. The molecule has 0 saturated carbocycles. The summed E-state index contributed by atoms with van der Waals surface area (Å²) in [6.45, 7) is 0. The number of carbonyl (C=O) groups is 1. The van der Waals surface area contributed by atoms with Crippen LogP contribution in [-0.4, -0.2) is 5.78 Å². The summed E-state index contributed by atoms with van der Waals surface area (Å²) in [6, 6.07) is 0. The van der Waals surface area contributed by atoms with Crippen molar-refractivity contribution in [3.8, 4) is 0 Å². The zero-order chi connectivity index (χ0) is 10.3. The Labute approximate surface area is 88.5 Å². The molecule has 0 aliphatic heterocycles. The van der Waals surface area contributed by atoms with Crippen molar-refractivity contribution in [3.63, 3.8) is 0 Å². The third kappa shape index (κ3) is 1.20. The highest BCUT2D eigenvalue weighted by atomic mass is 16.1. The minimum atomic E-state index is 0.218. The predicted molar refractivity (Wildman–Crippen MR) is 60.2 cm³/mol. The van der Waals surface area contributed by atoms with Crippen LogP contribution in [0.2, 0.25) is 0 Å². The third-order valence-corrected chi connectivity index (χ3v) is 2.86. The molecule has 3 aliphatic rings. The van der Waals surface area contributed by atoms with Crippen LogP contribution in [-0.2, 0) is 4.79 Å². The van der Waals surface area contributed by atoms with Gasteiger partial charge in [0.05, 0.1) is 0 Å². The van der Waals surface area contributed by atoms with Crippen molar-refractivity contribution in [2.75, 3.05) is 0 Å². The number of rotatable bonds is 0. The van der Waals surface area contributed by atoms with Gasteiger partial charge in [0.1, 0.15) is 0 Å². The fourth-order valence-electron chi connectivity index (χ4n) is 2.14. The second kappa shape index (κ2) is 3.06. The van der Waals surface area contributed by atoms with Gasteiger partial charge in [-0.25, -0.2) is 0 Å². The molecule has 0 heterocycles. The maximum Gasteiger partial charge on any atom is 0.167 e. The Kier molecular flexibility index (Phi) is 1.72. The van der Waals surface area contributed by atoms with E-state index >= 15 is 0 Å². The zero-order valence-electron chi connectivity index (χ0n) is 8.23. The molecule has 0 aromatic rings. The Bertz CT molecular complexity index is 520. The summed E-state index contributed by atoms with van der Waals surface area (Å²) in [5, 5.41) is 0. The molecule has 0 radical (unpaired) electrons. The van der Waals surface area contributed by atoms with E-state index in [0.717, 1.165) is 16.7 Å². The normalized spacial score (nSPS) is 30.0. The van der Waals surface area contributed by atoms with Crippen LogP contribution in [0.4, 0.5) is 0 Å². The van der Waals surface area contributed by atoms with Gasteiger partial charge in [0, 0.05) is 12.0 Å². The van der Waals surface area contributed by atoms with Crippen molar-refractivity contribution in [1.29, 1.82) is 0 Å². The maximum absolute atomic E-state index is 11.8. The standard InChI is InChI=1S/C14H10O/c15-13-9-8-11-7-6-10-4-2-1-3-5-12(13)14(10)11/h1-8H,9H2/b2-1-,3-1?,4-2?,5-3-,10-4-,12-5?. The van der Waals surface area contributed by atoms with E-state index in [0.29, 0.717) is 6.42 Å². The number of allylic oxidation sites excluding steroid dienone is 12. The van der Waals surface area contributed by atoms with Crippen molar-refractivity contribution in [3.05, 3.63) is 70.9 Å². The van der Waals surface area contributed by atoms with Crippen molar-refractivity contribution in [2.45, 2.75) is 6.42 Å². The minimum Gasteiger partial charge on any atom is -0.294 e. The molecule has 0 saturated heterocycles. The Morgan fingerprint density at radius 2 is 1.80 bits per heavy atom. The van der Waals surface area contributed by atoms with E-state index in [4.69, 9.17) is 0 Å². The summed E-state index contributed by atoms with van der Waals surface area (Å²) >= 11 is 0. The van der Waals surface area contributed by atoms with Crippen molar-refractivity contribution in [1.82, 2.24) is 0 Å². The van der Waals surface area contributed by atoms with E-state index in [1.807, 2.05) is 30.4 Å². The highest BCUT2D eigenvalue weighted by Gasteiger charge is 2.24. The first-order chi connectivity index (χ1) is 7.36. The number of Topliss-reactive ketones (excluding diaryl/α,β-unsaturated/α-hetero) is 1. The molecular formula is C14H10O. The maximum atomic E-state index is 11.8. The minimum absolute atomic E-state index is 0.218. The molecular weight excluding hydrogens is 184 g/mol. The second-order valence-corrected chi connectivity index (χ2v) is 3.77. The Balaban J connectivity index is 2.28. The smallest absolute Gasteiger partial charge is 0.167 e. The van der Waals surface area contributed by atoms with Gasteiger partial charge in [0.2, 0.25) is 0 Å². The number of carbonyl (C=O) groups excluding carboxylic acids is 1. The molecule has 0 aromatic carbocycles. The molecule has 0 fully saturated rings. The predicted octanol–water partition coefficient (Wildman–Crippen LogP) is 2.80. The first-order valence-corrected chi connectivity index (χ1v) is 5.08. The summed E-state index contributed by atoms with van der Waals surface area (Å²) < 4.78 is 0. The summed E-state index contributed by atoms with van der Waals surface area (Å²) in [6.07, 6.45) is 16.5. The van der Waals surface area contributed by atoms with Gasteiger partial charge in [0.15, 0.2) is 5.78 Å². The average Bonchev–Trinajstić information content (AvgIpc) is 2.59. The summed E-state index contributed by atoms with van der Waals surface area (Å²) in [5.41, 5.74) is 4.29. The van der Waals surface area contributed by atoms with Crippen LogP contribution in [0, 0.1) is 0 Å². The monoisotopic (exact) mass is 194 g/mol. The topological polar surface area (TPSA) is 17.1 Å². The molecule has 0 amide bonds. The van der Waals surface area contributed by atoms with Crippen LogP contribution >= 0.6 is 0 Å². The molecule has 72 valence electrons. The SMILES string of the molecule is O=C1CC=C2C=C/C3=C/C=C\C=C/C1=C23. The van der Waals surface area contributed by atoms with Crippen molar-refractivity contribution < 1.29 is 4.79 Å². The number of hydrogen-bond acceptors (Lipinski definition) is 1. The van der Waals surface area contributed by atoms with Crippen molar-refractivity contribution >= 4 is 5.78 Å². The van der Waals surface area contributed by atoms with Gasteiger partial charge in [-0.05, 0) is 16.7 Å². The van der Waals surface area contributed by atoms with Gasteiger partial charge in [-0.15, -0.1) is 0 Å². The second-order valence-electron chi connectivity index (χ2n) is 3.77. The van der Waals surface area contributed by atoms with Crippen LogP contribution in [0.5, 0.6) is 0 Å². The highest BCUT2D eigenvalue weighted by Crippen LogP contribution is 2.36. The van der Waals surface area contributed by atoms with E-state index in [1.165, 1.54) is 5.57 Å². The van der Waals surface area contributed by atoms with Gasteiger partial charge < -0.3 is 0 Å². The first-order valence-electron chi connectivity index (χ1n) is 5.08. The molecule has 0 atom stereocenters. The first kappa shape index (κ1) is 8.42. The Morgan fingerprint density at radius 1 is 0.933 bits per heavy atom. The molecule has 3 rings (SSSR count). The molecule has 3 aliphatic carbocycles. The zero-order valence-corrected chi connectivity index (χ0v) is 8.23. The fraction of sp³-hybridized carbons (Fsp3) is 0.0714. The quantitative estimate of drug-likeness (QED) is 0.579. The van der Waals surface area contributed by atoms with E-state index in [-0.39, 0.29) is 5.78 Å². The lowest BCUT2D eigenvalue weighted by Crippen LogP contribution is -2.08. The molecule has 0 N–H and O–H groups in total. The summed E-state index contributed by atoms with van der Waals surface area (Å²) in [4.78, 5) is 11.8.